The number of carbonyl (C=O) groups excluding carboxylic acids is 2. The van der Waals surface area contributed by atoms with E-state index in [1.54, 1.807) is 18.2 Å². The number of nitrogens with zero attached hydrogens (tertiary/aromatic N) is 2. The van der Waals surface area contributed by atoms with Crippen molar-refractivity contribution in [2.45, 2.75) is 32.4 Å². The minimum absolute atomic E-state index is 0.0221. The summed E-state index contributed by atoms with van der Waals surface area (Å²) >= 11 is 24.5. The molecule has 0 saturated carbocycles. The lowest BCUT2D eigenvalue weighted by atomic mass is 10.0. The van der Waals surface area contributed by atoms with Crippen LogP contribution in [0.15, 0.2) is 66.7 Å². The Labute approximate surface area is 255 Å². The SMILES string of the molecule is CCCNC(=O)[C@H](Cc1ccccc1)N(Cc1ccc(Cl)c(Cl)c1)C(=O)CN(c1ccc(Cl)c(Cl)c1)S(C)(=O)=O. The van der Waals surface area contributed by atoms with Gasteiger partial charge in [-0.1, -0.05) is 89.7 Å². The third kappa shape index (κ3) is 8.75. The van der Waals surface area contributed by atoms with Crippen LogP contribution in [0.4, 0.5) is 5.69 Å². The maximum Gasteiger partial charge on any atom is 0.244 e. The van der Waals surface area contributed by atoms with Gasteiger partial charge in [0.2, 0.25) is 21.8 Å². The summed E-state index contributed by atoms with van der Waals surface area (Å²) in [7, 11) is -3.94. The molecule has 0 radical (unpaired) electrons. The summed E-state index contributed by atoms with van der Waals surface area (Å²) in [6.07, 6.45) is 1.89. The maximum absolute atomic E-state index is 14.0. The van der Waals surface area contributed by atoms with Crippen LogP contribution >= 0.6 is 46.4 Å². The van der Waals surface area contributed by atoms with Crippen molar-refractivity contribution < 1.29 is 18.0 Å². The van der Waals surface area contributed by atoms with Crippen molar-refractivity contribution in [3.8, 4) is 0 Å². The molecule has 3 aromatic carbocycles. The number of nitrogens with one attached hydrogen (secondary N) is 1. The summed E-state index contributed by atoms with van der Waals surface area (Å²) in [6, 6.07) is 17.5. The van der Waals surface area contributed by atoms with Crippen molar-refractivity contribution in [3.63, 3.8) is 0 Å². The Hall–Kier alpha value is -2.49. The first-order chi connectivity index (χ1) is 18.9. The van der Waals surface area contributed by atoms with Crippen LogP contribution in [0.1, 0.15) is 24.5 Å². The average molecular weight is 645 g/mol. The zero-order valence-corrected chi connectivity index (χ0v) is 25.8. The molecule has 0 heterocycles. The molecule has 12 heteroatoms. The molecule has 0 aromatic heterocycles. The van der Waals surface area contributed by atoms with Gasteiger partial charge in [0.1, 0.15) is 12.6 Å². The predicted molar refractivity (Wildman–Crippen MR) is 163 cm³/mol. The number of halogens is 4. The molecule has 0 bridgehead atoms. The summed E-state index contributed by atoms with van der Waals surface area (Å²) in [5, 5.41) is 3.88. The molecular formula is C28H29Cl4N3O4S. The Balaban J connectivity index is 2.07. The number of hydrogen-bond acceptors (Lipinski definition) is 4. The first kappa shape index (κ1) is 32.0. The van der Waals surface area contributed by atoms with E-state index in [-0.39, 0.29) is 39.6 Å². The molecule has 0 aliphatic carbocycles. The summed E-state index contributed by atoms with van der Waals surface area (Å²) in [5.74, 6) is -0.963. The molecule has 0 fully saturated rings. The van der Waals surface area contributed by atoms with Gasteiger partial charge in [-0.3, -0.25) is 13.9 Å². The van der Waals surface area contributed by atoms with Gasteiger partial charge in [0.05, 0.1) is 32.0 Å². The number of carbonyl (C=O) groups is 2. The Morgan fingerprint density at radius 3 is 2.05 bits per heavy atom. The standard InChI is InChI=1S/C28H29Cl4N3O4S/c1-3-13-33-28(37)26(15-19-7-5-4-6-8-19)34(17-20-9-11-22(29)24(31)14-20)27(36)18-35(40(2,38)39)21-10-12-23(30)25(32)16-21/h4-12,14,16,26H,3,13,15,17-18H2,1-2H3,(H,33,37)/t26-/m0/s1. The second-order valence-corrected chi connectivity index (χ2v) is 12.7. The fourth-order valence-corrected chi connectivity index (χ4v) is 5.46. The molecule has 40 heavy (non-hydrogen) atoms. The lowest BCUT2D eigenvalue weighted by Crippen LogP contribution is -2.53. The highest BCUT2D eigenvalue weighted by atomic mass is 35.5. The molecular weight excluding hydrogens is 616 g/mol. The molecule has 7 nitrogen and oxygen atoms in total. The Kier molecular flexibility index (Phi) is 11.5. The molecule has 3 rings (SSSR count). The zero-order chi connectivity index (χ0) is 29.4. The number of amides is 2. The van der Waals surface area contributed by atoms with E-state index < -0.39 is 28.5 Å². The number of sulfonamides is 1. The number of anilines is 1. The van der Waals surface area contributed by atoms with E-state index >= 15 is 0 Å². The van der Waals surface area contributed by atoms with Gasteiger partial charge in [0.15, 0.2) is 0 Å². The highest BCUT2D eigenvalue weighted by Gasteiger charge is 2.33. The van der Waals surface area contributed by atoms with Crippen molar-refractivity contribution in [2.75, 3.05) is 23.7 Å². The zero-order valence-electron chi connectivity index (χ0n) is 21.9. The smallest absolute Gasteiger partial charge is 0.244 e. The number of rotatable bonds is 12. The molecule has 1 N–H and O–H groups in total. The van der Waals surface area contributed by atoms with Crippen LogP contribution in [0.2, 0.25) is 20.1 Å². The minimum Gasteiger partial charge on any atom is -0.354 e. The number of hydrogen-bond donors (Lipinski definition) is 1. The quantitative estimate of drug-likeness (QED) is 0.253. The summed E-state index contributed by atoms with van der Waals surface area (Å²) in [4.78, 5) is 28.9. The highest BCUT2D eigenvalue weighted by Crippen LogP contribution is 2.29. The largest absolute Gasteiger partial charge is 0.354 e. The molecule has 0 saturated heterocycles. The van der Waals surface area contributed by atoms with Crippen LogP contribution in [-0.2, 0) is 32.6 Å². The minimum atomic E-state index is -3.94. The van der Waals surface area contributed by atoms with Crippen LogP contribution in [0, 0.1) is 0 Å². The van der Waals surface area contributed by atoms with Crippen LogP contribution in [0.5, 0.6) is 0 Å². The van der Waals surface area contributed by atoms with E-state index in [1.807, 2.05) is 37.3 Å². The van der Waals surface area contributed by atoms with Gasteiger partial charge in [0, 0.05) is 19.5 Å². The first-order valence-electron chi connectivity index (χ1n) is 12.4. The molecule has 3 aromatic rings. The van der Waals surface area contributed by atoms with E-state index in [4.69, 9.17) is 46.4 Å². The summed E-state index contributed by atoms with van der Waals surface area (Å²) < 4.78 is 26.6. The molecule has 0 spiro atoms. The van der Waals surface area contributed by atoms with Crippen LogP contribution in [0.3, 0.4) is 0 Å². The van der Waals surface area contributed by atoms with E-state index in [1.165, 1.54) is 23.1 Å². The maximum atomic E-state index is 14.0. The summed E-state index contributed by atoms with van der Waals surface area (Å²) in [5.41, 5.74) is 1.61. The topological polar surface area (TPSA) is 86.8 Å². The third-order valence-corrected chi connectivity index (χ3v) is 8.65. The van der Waals surface area contributed by atoms with Crippen LogP contribution in [-0.4, -0.2) is 50.5 Å². The molecule has 0 unspecified atom stereocenters. The fraction of sp³-hybridized carbons (Fsp3) is 0.286. The van der Waals surface area contributed by atoms with Gasteiger partial charge >= 0.3 is 0 Å². The van der Waals surface area contributed by atoms with Gasteiger partial charge in [-0.15, -0.1) is 0 Å². The monoisotopic (exact) mass is 643 g/mol. The Bertz CT molecular complexity index is 1460. The van der Waals surface area contributed by atoms with Crippen molar-refractivity contribution >= 4 is 73.9 Å². The second kappa shape index (κ2) is 14.4. The highest BCUT2D eigenvalue weighted by molar-refractivity contribution is 7.92. The molecule has 1 atom stereocenters. The first-order valence-corrected chi connectivity index (χ1v) is 15.7. The normalized spacial score (nSPS) is 12.1. The predicted octanol–water partition coefficient (Wildman–Crippen LogP) is 6.23. The molecule has 2 amide bonds. The van der Waals surface area contributed by atoms with Crippen molar-refractivity contribution in [3.05, 3.63) is 97.9 Å². The van der Waals surface area contributed by atoms with Gasteiger partial charge in [-0.2, -0.15) is 0 Å². The second-order valence-electron chi connectivity index (χ2n) is 9.13. The van der Waals surface area contributed by atoms with Crippen molar-refractivity contribution in [1.82, 2.24) is 10.2 Å². The Morgan fingerprint density at radius 2 is 1.48 bits per heavy atom. The van der Waals surface area contributed by atoms with Gasteiger partial charge in [-0.05, 0) is 47.9 Å². The summed E-state index contributed by atoms with van der Waals surface area (Å²) in [6.45, 7) is 1.74. The average Bonchev–Trinajstić information content (AvgIpc) is 2.91. The van der Waals surface area contributed by atoms with Crippen LogP contribution < -0.4 is 9.62 Å². The molecule has 0 aliphatic rings. The van der Waals surface area contributed by atoms with E-state index in [2.05, 4.69) is 5.32 Å². The molecule has 0 aliphatic heterocycles. The van der Waals surface area contributed by atoms with Crippen molar-refractivity contribution in [2.24, 2.45) is 0 Å². The molecule has 214 valence electrons. The van der Waals surface area contributed by atoms with Gasteiger partial charge < -0.3 is 10.2 Å². The third-order valence-electron chi connectivity index (χ3n) is 6.03. The van der Waals surface area contributed by atoms with E-state index in [0.29, 0.717) is 23.6 Å². The lowest BCUT2D eigenvalue weighted by molar-refractivity contribution is -0.140. The fourth-order valence-electron chi connectivity index (χ4n) is 4.01. The van der Waals surface area contributed by atoms with Gasteiger partial charge in [-0.25, -0.2) is 8.42 Å². The Morgan fingerprint density at radius 1 is 0.850 bits per heavy atom. The lowest BCUT2D eigenvalue weighted by Gasteiger charge is -2.33. The van der Waals surface area contributed by atoms with Crippen LogP contribution in [0.25, 0.3) is 0 Å². The van der Waals surface area contributed by atoms with E-state index in [9.17, 15) is 18.0 Å². The van der Waals surface area contributed by atoms with E-state index in [0.717, 1.165) is 16.1 Å². The van der Waals surface area contributed by atoms with Crippen molar-refractivity contribution in [1.29, 1.82) is 0 Å². The van der Waals surface area contributed by atoms with Gasteiger partial charge in [0.25, 0.3) is 0 Å². The number of benzene rings is 3.